The van der Waals surface area contributed by atoms with E-state index < -0.39 is 0 Å². The molecule has 0 radical (unpaired) electrons. The van der Waals surface area contributed by atoms with Gasteiger partial charge in [-0.2, -0.15) is 0 Å². The van der Waals surface area contributed by atoms with Crippen molar-refractivity contribution < 1.29 is 9.53 Å². The monoisotopic (exact) mass is 164 g/mol. The van der Waals surface area contributed by atoms with Crippen LogP contribution in [-0.2, 0) is 9.53 Å². The van der Waals surface area contributed by atoms with Gasteiger partial charge in [-0.15, -0.1) is 0 Å². The summed E-state index contributed by atoms with van der Waals surface area (Å²) < 4.78 is 4.64. The molecule has 52 valence electrons. The standard InChI is InChI=1S/C6H12O2.2Na.2H/c1-3-4-5-8-6(2)7;;;;/h3-5H2,1-2H3;;;;. The van der Waals surface area contributed by atoms with E-state index in [0.29, 0.717) is 6.61 Å². The van der Waals surface area contributed by atoms with E-state index in [2.05, 4.69) is 11.7 Å². The Labute approximate surface area is 107 Å². The van der Waals surface area contributed by atoms with Crippen LogP contribution in [0.1, 0.15) is 26.7 Å². The number of carbonyl (C=O) groups is 1. The summed E-state index contributed by atoms with van der Waals surface area (Å²) in [6.07, 6.45) is 2.05. The number of esters is 1. The predicted octanol–water partition coefficient (Wildman–Crippen LogP) is 0.0526. The van der Waals surface area contributed by atoms with E-state index in [-0.39, 0.29) is 65.1 Å². The van der Waals surface area contributed by atoms with Crippen molar-refractivity contribution in [1.29, 1.82) is 0 Å². The Kier molecular flexibility index (Phi) is 22.9. The summed E-state index contributed by atoms with van der Waals surface area (Å²) in [6, 6.07) is 0. The Morgan fingerprint density at radius 1 is 1.40 bits per heavy atom. The molecule has 0 aromatic carbocycles. The van der Waals surface area contributed by atoms with Gasteiger partial charge in [-0.05, 0) is 6.42 Å². The first-order valence-corrected chi connectivity index (χ1v) is 2.90. The van der Waals surface area contributed by atoms with E-state index in [1.54, 1.807) is 0 Å². The van der Waals surface area contributed by atoms with E-state index in [1.165, 1.54) is 6.92 Å². The van der Waals surface area contributed by atoms with Crippen molar-refractivity contribution >= 4 is 65.1 Å². The predicted molar refractivity (Wildman–Crippen MR) is 45.8 cm³/mol. The Balaban J connectivity index is -0.000000245. The van der Waals surface area contributed by atoms with Gasteiger partial charge < -0.3 is 4.74 Å². The number of unbranched alkanes of at least 4 members (excludes halogenated alkanes) is 1. The molecule has 0 amide bonds. The number of hydrogen-bond acceptors (Lipinski definition) is 2. The molecule has 0 aliphatic carbocycles. The van der Waals surface area contributed by atoms with Crippen molar-refractivity contribution in [2.75, 3.05) is 6.61 Å². The summed E-state index contributed by atoms with van der Waals surface area (Å²) in [6.45, 7) is 4.06. The molecule has 0 fully saturated rings. The number of rotatable bonds is 3. The van der Waals surface area contributed by atoms with Crippen LogP contribution in [-0.4, -0.2) is 71.7 Å². The average molecular weight is 164 g/mol. The molecule has 0 heterocycles. The van der Waals surface area contributed by atoms with Crippen LogP contribution in [0.15, 0.2) is 0 Å². The third-order valence-electron chi connectivity index (χ3n) is 0.803. The maximum atomic E-state index is 10.1. The summed E-state index contributed by atoms with van der Waals surface area (Å²) in [5.41, 5.74) is 0. The Bertz CT molecular complexity index is 76.1. The Morgan fingerprint density at radius 2 is 1.90 bits per heavy atom. The van der Waals surface area contributed by atoms with Gasteiger partial charge in [0.15, 0.2) is 0 Å². The van der Waals surface area contributed by atoms with Gasteiger partial charge in [-0.25, -0.2) is 0 Å². The maximum absolute atomic E-state index is 10.1. The normalized spacial score (nSPS) is 7.00. The fraction of sp³-hybridized carbons (Fsp3) is 0.833. The van der Waals surface area contributed by atoms with Gasteiger partial charge in [0.05, 0.1) is 6.61 Å². The zero-order valence-corrected chi connectivity index (χ0v) is 5.44. The molecule has 0 saturated carbocycles. The summed E-state index contributed by atoms with van der Waals surface area (Å²) >= 11 is 0. The molecule has 0 bridgehead atoms. The fourth-order valence-corrected chi connectivity index (χ4v) is 0.360. The average Bonchev–Trinajstić information content (AvgIpc) is 1.66. The van der Waals surface area contributed by atoms with E-state index in [9.17, 15) is 4.79 Å². The minimum atomic E-state index is -0.182. The van der Waals surface area contributed by atoms with Crippen molar-refractivity contribution in [1.82, 2.24) is 0 Å². The van der Waals surface area contributed by atoms with Gasteiger partial charge in [0.1, 0.15) is 0 Å². The van der Waals surface area contributed by atoms with E-state index in [4.69, 9.17) is 0 Å². The summed E-state index contributed by atoms with van der Waals surface area (Å²) in [5.74, 6) is -0.182. The second-order valence-corrected chi connectivity index (χ2v) is 1.69. The quantitative estimate of drug-likeness (QED) is 0.335. The molecule has 2 nitrogen and oxygen atoms in total. The zero-order chi connectivity index (χ0) is 6.41. The molecule has 0 unspecified atom stereocenters. The molecule has 0 spiro atoms. The molecular weight excluding hydrogens is 150 g/mol. The van der Waals surface area contributed by atoms with Crippen LogP contribution in [0.25, 0.3) is 0 Å². The SMILES string of the molecule is CCCCOC(C)=O.[NaH].[NaH]. The van der Waals surface area contributed by atoms with Gasteiger partial charge in [-0.3, -0.25) is 4.79 Å². The third-order valence-corrected chi connectivity index (χ3v) is 0.803. The fourth-order valence-electron chi connectivity index (χ4n) is 0.360. The van der Waals surface area contributed by atoms with Gasteiger partial charge in [0.2, 0.25) is 0 Å². The molecule has 0 aliphatic rings. The number of carbonyl (C=O) groups excluding carboxylic acids is 1. The number of hydrogen-bond donors (Lipinski definition) is 0. The topological polar surface area (TPSA) is 26.3 Å². The molecule has 0 aromatic rings. The molecule has 0 N–H and O–H groups in total. The van der Waals surface area contributed by atoms with Crippen molar-refractivity contribution in [3.8, 4) is 0 Å². The molecule has 0 aromatic heterocycles. The van der Waals surface area contributed by atoms with Crippen LogP contribution >= 0.6 is 0 Å². The first-order valence-electron chi connectivity index (χ1n) is 2.90. The van der Waals surface area contributed by atoms with Crippen molar-refractivity contribution in [3.63, 3.8) is 0 Å². The van der Waals surface area contributed by atoms with Crippen LogP contribution < -0.4 is 0 Å². The Morgan fingerprint density at radius 3 is 2.20 bits per heavy atom. The van der Waals surface area contributed by atoms with Crippen LogP contribution in [0.4, 0.5) is 0 Å². The molecule has 0 aliphatic heterocycles. The van der Waals surface area contributed by atoms with E-state index >= 15 is 0 Å². The number of ether oxygens (including phenoxy) is 1. The Hall–Kier alpha value is 1.47. The van der Waals surface area contributed by atoms with Crippen LogP contribution in [0.5, 0.6) is 0 Å². The molecule has 0 saturated heterocycles. The molecule has 0 atom stereocenters. The molecule has 0 rings (SSSR count). The van der Waals surface area contributed by atoms with Crippen molar-refractivity contribution in [3.05, 3.63) is 0 Å². The van der Waals surface area contributed by atoms with Gasteiger partial charge in [0.25, 0.3) is 0 Å². The summed E-state index contributed by atoms with van der Waals surface area (Å²) in [5, 5.41) is 0. The van der Waals surface area contributed by atoms with Gasteiger partial charge in [-0.1, -0.05) is 13.3 Å². The van der Waals surface area contributed by atoms with Crippen LogP contribution in [0.2, 0.25) is 0 Å². The first kappa shape index (κ1) is 17.5. The van der Waals surface area contributed by atoms with Crippen LogP contribution in [0, 0.1) is 0 Å². The second kappa shape index (κ2) is 13.1. The van der Waals surface area contributed by atoms with Crippen molar-refractivity contribution in [2.24, 2.45) is 0 Å². The summed E-state index contributed by atoms with van der Waals surface area (Å²) in [7, 11) is 0. The van der Waals surface area contributed by atoms with E-state index in [1.807, 2.05) is 0 Å². The van der Waals surface area contributed by atoms with Crippen molar-refractivity contribution in [2.45, 2.75) is 26.7 Å². The molecule has 10 heavy (non-hydrogen) atoms. The van der Waals surface area contributed by atoms with Gasteiger partial charge >= 0.3 is 65.1 Å². The third kappa shape index (κ3) is 16.2. The first-order chi connectivity index (χ1) is 3.77. The second-order valence-electron chi connectivity index (χ2n) is 1.69. The minimum absolute atomic E-state index is 0. The zero-order valence-electron chi connectivity index (χ0n) is 5.44. The molecule has 4 heteroatoms. The van der Waals surface area contributed by atoms with E-state index in [0.717, 1.165) is 12.8 Å². The van der Waals surface area contributed by atoms with Crippen LogP contribution in [0.3, 0.4) is 0 Å². The summed E-state index contributed by atoms with van der Waals surface area (Å²) in [4.78, 5) is 10.1. The van der Waals surface area contributed by atoms with Gasteiger partial charge in [0, 0.05) is 6.92 Å². The molecular formula is C6H14Na2O2.